The standard InChI is InChI=1S/C22H18N4O6S2/c1-2-33-22-23-24-12-15(19(27)13-3-7-16(8-4-13)25(29)30)11-18(21(24)34-22)20(28)14-5-9-17(10-6-14)26(31)32/h3-10,15H,2,11-12H2,1H3. The summed E-state index contributed by atoms with van der Waals surface area (Å²) in [6.07, 6.45) is 0.171. The van der Waals surface area contributed by atoms with Crippen LogP contribution < -0.4 is 0 Å². The lowest BCUT2D eigenvalue weighted by Gasteiger charge is -2.30. The fourth-order valence-corrected chi connectivity index (χ4v) is 5.74. The molecule has 0 radical (unpaired) electrons. The molecule has 1 unspecified atom stereocenters. The number of ketones is 2. The largest absolute Gasteiger partial charge is 0.294 e. The van der Waals surface area contributed by atoms with Crippen LogP contribution in [0.15, 0.2) is 64.2 Å². The second kappa shape index (κ2) is 9.77. The molecule has 0 spiro atoms. The van der Waals surface area contributed by atoms with Crippen molar-refractivity contribution < 1.29 is 19.4 Å². The van der Waals surface area contributed by atoms with Gasteiger partial charge in [0.25, 0.3) is 11.4 Å². The van der Waals surface area contributed by atoms with E-state index in [4.69, 9.17) is 0 Å². The van der Waals surface area contributed by atoms with Crippen molar-refractivity contribution in [2.24, 2.45) is 11.0 Å². The summed E-state index contributed by atoms with van der Waals surface area (Å²) < 4.78 is 0.773. The second-order valence-electron chi connectivity index (χ2n) is 7.47. The van der Waals surface area contributed by atoms with Gasteiger partial charge in [0, 0.05) is 46.9 Å². The first-order chi connectivity index (χ1) is 16.3. The molecule has 0 N–H and O–H groups in total. The highest BCUT2D eigenvalue weighted by molar-refractivity contribution is 8.40. The fourth-order valence-electron chi connectivity index (χ4n) is 3.69. The molecule has 2 aliphatic heterocycles. The minimum Gasteiger partial charge on any atom is -0.294 e. The number of allylic oxidation sites excluding steroid dienone is 1. The molecule has 0 saturated carbocycles. The molecule has 1 atom stereocenters. The first kappa shape index (κ1) is 23.6. The predicted octanol–water partition coefficient (Wildman–Crippen LogP) is 4.87. The topological polar surface area (TPSA) is 136 Å². The Labute approximate surface area is 202 Å². The van der Waals surface area contributed by atoms with Crippen molar-refractivity contribution in [3.8, 4) is 0 Å². The Bertz CT molecular complexity index is 1240. The number of thioether (sulfide) groups is 2. The Balaban J connectivity index is 1.65. The number of fused-ring (bicyclic) bond motifs is 1. The molecule has 2 aliphatic rings. The zero-order valence-corrected chi connectivity index (χ0v) is 19.5. The van der Waals surface area contributed by atoms with Gasteiger partial charge in [0.05, 0.1) is 16.4 Å². The average molecular weight is 499 g/mol. The van der Waals surface area contributed by atoms with E-state index in [-0.39, 0.29) is 41.5 Å². The lowest BCUT2D eigenvalue weighted by atomic mass is 9.86. The molecule has 12 heteroatoms. The lowest BCUT2D eigenvalue weighted by molar-refractivity contribution is -0.385. The van der Waals surface area contributed by atoms with Crippen molar-refractivity contribution in [3.63, 3.8) is 0 Å². The summed E-state index contributed by atoms with van der Waals surface area (Å²) in [7, 11) is 0. The van der Waals surface area contributed by atoms with Crippen molar-refractivity contribution >= 4 is 50.8 Å². The highest BCUT2D eigenvalue weighted by Crippen LogP contribution is 2.43. The zero-order chi connectivity index (χ0) is 24.4. The van der Waals surface area contributed by atoms with Gasteiger partial charge in [-0.3, -0.25) is 34.8 Å². The molecular formula is C22H18N4O6S2. The third-order valence-corrected chi connectivity index (χ3v) is 7.47. The van der Waals surface area contributed by atoms with E-state index in [1.54, 1.807) is 5.01 Å². The summed E-state index contributed by atoms with van der Waals surface area (Å²) in [5, 5.41) is 28.8. The molecule has 0 bridgehead atoms. The van der Waals surface area contributed by atoms with Crippen LogP contribution in [0, 0.1) is 26.1 Å². The molecule has 0 amide bonds. The first-order valence-electron chi connectivity index (χ1n) is 10.3. The van der Waals surface area contributed by atoms with Gasteiger partial charge in [0.15, 0.2) is 15.9 Å². The molecule has 2 aromatic carbocycles. The molecule has 0 aliphatic carbocycles. The number of Topliss-reactive ketones (excluding diaryl/α,β-unsaturated/α-hetero) is 2. The highest BCUT2D eigenvalue weighted by Gasteiger charge is 2.38. The van der Waals surface area contributed by atoms with Gasteiger partial charge in [-0.2, -0.15) is 5.10 Å². The maximum atomic E-state index is 13.4. The summed E-state index contributed by atoms with van der Waals surface area (Å²) in [6.45, 7) is 2.27. The van der Waals surface area contributed by atoms with Crippen LogP contribution >= 0.6 is 23.5 Å². The summed E-state index contributed by atoms with van der Waals surface area (Å²) in [4.78, 5) is 47.4. The second-order valence-corrected chi connectivity index (χ2v) is 9.96. The van der Waals surface area contributed by atoms with Crippen LogP contribution in [0.1, 0.15) is 34.1 Å². The number of rotatable bonds is 7. The van der Waals surface area contributed by atoms with Gasteiger partial charge in [-0.05, 0) is 48.2 Å². The van der Waals surface area contributed by atoms with E-state index >= 15 is 0 Å². The number of nitro groups is 2. The van der Waals surface area contributed by atoms with Crippen LogP contribution in [-0.4, -0.2) is 43.1 Å². The minimum atomic E-state index is -0.586. The summed E-state index contributed by atoms with van der Waals surface area (Å²) in [6, 6.07) is 10.7. The number of benzene rings is 2. The third-order valence-electron chi connectivity index (χ3n) is 5.34. The van der Waals surface area contributed by atoms with Gasteiger partial charge in [0.1, 0.15) is 5.03 Å². The summed E-state index contributed by atoms with van der Waals surface area (Å²) in [5.74, 6) is -0.345. The Morgan fingerprint density at radius 1 is 1.03 bits per heavy atom. The molecule has 0 saturated heterocycles. The highest BCUT2D eigenvalue weighted by atomic mass is 32.2. The van der Waals surface area contributed by atoms with Crippen molar-refractivity contribution in [3.05, 3.63) is 90.5 Å². The molecule has 2 heterocycles. The lowest BCUT2D eigenvalue weighted by Crippen LogP contribution is -2.34. The molecule has 10 nitrogen and oxygen atoms in total. The Morgan fingerprint density at radius 2 is 1.59 bits per heavy atom. The normalized spacial score (nSPS) is 17.3. The molecule has 0 fully saturated rings. The zero-order valence-electron chi connectivity index (χ0n) is 17.9. The number of nitro benzene ring substituents is 2. The first-order valence-corrected chi connectivity index (χ1v) is 12.1. The van der Waals surface area contributed by atoms with Gasteiger partial charge < -0.3 is 0 Å². The number of nitrogens with zero attached hydrogens (tertiary/aromatic N) is 4. The van der Waals surface area contributed by atoms with Gasteiger partial charge >= 0.3 is 0 Å². The maximum Gasteiger partial charge on any atom is 0.269 e. The van der Waals surface area contributed by atoms with Crippen molar-refractivity contribution in [1.29, 1.82) is 0 Å². The predicted molar refractivity (Wildman–Crippen MR) is 130 cm³/mol. The molecular weight excluding hydrogens is 480 g/mol. The monoisotopic (exact) mass is 498 g/mol. The number of hydrazone groups is 1. The molecule has 174 valence electrons. The Kier molecular flexibility index (Phi) is 6.80. The molecule has 2 aromatic rings. The Morgan fingerprint density at radius 3 is 2.12 bits per heavy atom. The van der Waals surface area contributed by atoms with Gasteiger partial charge in [-0.1, -0.05) is 18.7 Å². The van der Waals surface area contributed by atoms with Gasteiger partial charge in [-0.15, -0.1) is 0 Å². The van der Waals surface area contributed by atoms with Crippen LogP contribution in [0.25, 0.3) is 0 Å². The van der Waals surface area contributed by atoms with Crippen molar-refractivity contribution in [1.82, 2.24) is 5.01 Å². The van der Waals surface area contributed by atoms with Gasteiger partial charge in [-0.25, -0.2) is 0 Å². The van der Waals surface area contributed by atoms with Crippen molar-refractivity contribution in [2.75, 3.05) is 12.3 Å². The van der Waals surface area contributed by atoms with Crippen LogP contribution in [-0.2, 0) is 0 Å². The number of carbonyl (C=O) groups is 2. The summed E-state index contributed by atoms with van der Waals surface area (Å²) >= 11 is 2.91. The molecule has 4 rings (SSSR count). The van der Waals surface area contributed by atoms with Crippen LogP contribution in [0.3, 0.4) is 0 Å². The van der Waals surface area contributed by atoms with Gasteiger partial charge in [0.2, 0.25) is 0 Å². The minimum absolute atomic E-state index is 0.113. The van der Waals surface area contributed by atoms with E-state index in [2.05, 4.69) is 5.10 Å². The van der Waals surface area contributed by atoms with E-state index in [0.717, 1.165) is 10.1 Å². The van der Waals surface area contributed by atoms with E-state index in [1.165, 1.54) is 72.1 Å². The number of hydrogen-bond acceptors (Lipinski definition) is 10. The Hall–Kier alpha value is -3.51. The van der Waals surface area contributed by atoms with E-state index in [0.29, 0.717) is 16.2 Å². The smallest absolute Gasteiger partial charge is 0.269 e. The van der Waals surface area contributed by atoms with E-state index in [1.807, 2.05) is 6.92 Å². The molecule has 34 heavy (non-hydrogen) atoms. The van der Waals surface area contributed by atoms with Crippen LogP contribution in [0.2, 0.25) is 0 Å². The van der Waals surface area contributed by atoms with E-state index in [9.17, 15) is 29.8 Å². The van der Waals surface area contributed by atoms with Crippen LogP contribution in [0.5, 0.6) is 0 Å². The number of carbonyl (C=O) groups excluding carboxylic acids is 2. The SMILES string of the molecule is CCSC1=NN2CC(C(=O)c3ccc([N+](=O)[O-])cc3)CC(C(=O)c3ccc([N+](=O)[O-])cc3)=C2S1. The summed E-state index contributed by atoms with van der Waals surface area (Å²) in [5.41, 5.74) is 0.791. The quantitative estimate of drug-likeness (QED) is 0.297. The van der Waals surface area contributed by atoms with Crippen molar-refractivity contribution in [2.45, 2.75) is 13.3 Å². The number of hydrogen-bond donors (Lipinski definition) is 0. The van der Waals surface area contributed by atoms with Crippen LogP contribution in [0.4, 0.5) is 11.4 Å². The fraction of sp³-hybridized carbons (Fsp3) is 0.227. The van der Waals surface area contributed by atoms with E-state index < -0.39 is 15.8 Å². The maximum absolute atomic E-state index is 13.4. The average Bonchev–Trinajstić information content (AvgIpc) is 3.25. The third kappa shape index (κ3) is 4.73. The molecule has 0 aromatic heterocycles. The number of non-ortho nitro benzene ring substituents is 2.